The maximum absolute atomic E-state index is 11.6. The maximum Gasteiger partial charge on any atom is 0.186 e. The Morgan fingerprint density at radius 2 is 2.10 bits per heavy atom. The van der Waals surface area contributed by atoms with Crippen LogP contribution in [-0.2, 0) is 21.9 Å². The molecule has 5 nitrogen and oxygen atoms in total. The van der Waals surface area contributed by atoms with Gasteiger partial charge in [0.1, 0.15) is 0 Å². The fraction of sp³-hybridized carbons (Fsp3) is 0.769. The highest BCUT2D eigenvalue weighted by atomic mass is 32.2. The molecule has 20 heavy (non-hydrogen) atoms. The molecule has 2 heterocycles. The molecule has 1 aromatic rings. The van der Waals surface area contributed by atoms with E-state index in [1.807, 2.05) is 11.8 Å². The monoisotopic (exact) mass is 318 g/mol. The molecular formula is C13H22N2O3S2. The highest BCUT2D eigenvalue weighted by Crippen LogP contribution is 2.35. The SMILES string of the molecule is CC1CS(=O)(=O)CCN1c1nc(C(C)(C)C)c(CO)s1. The molecule has 1 aromatic heterocycles. The zero-order valence-electron chi connectivity index (χ0n) is 12.4. The first-order chi connectivity index (χ1) is 9.14. The van der Waals surface area contributed by atoms with Gasteiger partial charge in [0.15, 0.2) is 15.0 Å². The number of anilines is 1. The van der Waals surface area contributed by atoms with Crippen LogP contribution in [0.5, 0.6) is 0 Å². The Balaban J connectivity index is 2.33. The van der Waals surface area contributed by atoms with Gasteiger partial charge in [-0.25, -0.2) is 13.4 Å². The third-order valence-electron chi connectivity index (χ3n) is 3.46. The summed E-state index contributed by atoms with van der Waals surface area (Å²) in [6.07, 6.45) is 0. The number of aromatic nitrogens is 1. The van der Waals surface area contributed by atoms with E-state index in [2.05, 4.69) is 25.8 Å². The smallest absolute Gasteiger partial charge is 0.186 e. The van der Waals surface area contributed by atoms with E-state index in [1.54, 1.807) is 0 Å². The van der Waals surface area contributed by atoms with Crippen molar-refractivity contribution in [3.05, 3.63) is 10.6 Å². The minimum atomic E-state index is -2.92. The molecule has 1 N–H and O–H groups in total. The van der Waals surface area contributed by atoms with E-state index in [1.165, 1.54) is 11.3 Å². The molecule has 0 aromatic carbocycles. The summed E-state index contributed by atoms with van der Waals surface area (Å²) in [5, 5.41) is 10.3. The van der Waals surface area contributed by atoms with E-state index < -0.39 is 9.84 Å². The first-order valence-electron chi connectivity index (χ1n) is 6.72. The number of hydrogen-bond acceptors (Lipinski definition) is 6. The molecule has 0 saturated carbocycles. The van der Waals surface area contributed by atoms with Crippen LogP contribution in [0.3, 0.4) is 0 Å². The van der Waals surface area contributed by atoms with Crippen LogP contribution in [-0.4, -0.2) is 42.6 Å². The van der Waals surface area contributed by atoms with Crippen molar-refractivity contribution in [2.45, 2.75) is 45.8 Å². The zero-order valence-corrected chi connectivity index (χ0v) is 14.0. The summed E-state index contributed by atoms with van der Waals surface area (Å²) in [6.45, 7) is 8.56. The fourth-order valence-corrected chi connectivity index (χ4v) is 5.25. The van der Waals surface area contributed by atoms with Gasteiger partial charge in [-0.2, -0.15) is 0 Å². The van der Waals surface area contributed by atoms with Gasteiger partial charge in [-0.3, -0.25) is 0 Å². The van der Waals surface area contributed by atoms with Crippen LogP contribution in [0.1, 0.15) is 38.3 Å². The van der Waals surface area contributed by atoms with Crippen molar-refractivity contribution in [1.29, 1.82) is 0 Å². The molecule has 0 spiro atoms. The van der Waals surface area contributed by atoms with Crippen molar-refractivity contribution in [3.8, 4) is 0 Å². The Bertz CT molecular complexity index is 587. The van der Waals surface area contributed by atoms with E-state index in [4.69, 9.17) is 0 Å². The number of aliphatic hydroxyl groups is 1. The second kappa shape index (κ2) is 5.27. The molecule has 0 aliphatic carbocycles. The van der Waals surface area contributed by atoms with Gasteiger partial charge < -0.3 is 10.0 Å². The quantitative estimate of drug-likeness (QED) is 0.896. The van der Waals surface area contributed by atoms with Gasteiger partial charge >= 0.3 is 0 Å². The normalized spacial score (nSPS) is 23.1. The van der Waals surface area contributed by atoms with E-state index >= 15 is 0 Å². The predicted octanol–water partition coefficient (Wildman–Crippen LogP) is 1.56. The summed E-state index contributed by atoms with van der Waals surface area (Å²) in [5.74, 6) is 0.349. The molecule has 0 amide bonds. The molecule has 1 fully saturated rings. The van der Waals surface area contributed by atoms with Crippen LogP contribution in [0.25, 0.3) is 0 Å². The first-order valence-corrected chi connectivity index (χ1v) is 9.36. The summed E-state index contributed by atoms with van der Waals surface area (Å²) in [7, 11) is -2.92. The standard InChI is InChI=1S/C13H22N2O3S2/c1-9-8-20(17,18)6-5-15(9)12-14-11(13(2,3)4)10(7-16)19-12/h9,16H,5-8H2,1-4H3. The maximum atomic E-state index is 11.6. The van der Waals surface area contributed by atoms with Crippen LogP contribution in [0.15, 0.2) is 0 Å². The minimum absolute atomic E-state index is 0.0230. The molecule has 0 radical (unpaired) electrons. The molecule has 114 valence electrons. The van der Waals surface area contributed by atoms with Gasteiger partial charge in [0.25, 0.3) is 0 Å². The van der Waals surface area contributed by atoms with Crippen molar-refractivity contribution in [2.24, 2.45) is 0 Å². The summed E-state index contributed by atoms with van der Waals surface area (Å²) < 4.78 is 23.3. The Morgan fingerprint density at radius 1 is 1.45 bits per heavy atom. The van der Waals surface area contributed by atoms with Crippen molar-refractivity contribution in [1.82, 2.24) is 4.98 Å². The Kier molecular flexibility index (Phi) is 4.15. The van der Waals surface area contributed by atoms with Gasteiger partial charge in [0, 0.05) is 18.0 Å². The molecule has 0 bridgehead atoms. The highest BCUT2D eigenvalue weighted by molar-refractivity contribution is 7.91. The van der Waals surface area contributed by atoms with Crippen molar-refractivity contribution >= 4 is 26.3 Å². The molecule has 7 heteroatoms. The summed E-state index contributed by atoms with van der Waals surface area (Å²) in [4.78, 5) is 7.57. The number of thiazole rings is 1. The topological polar surface area (TPSA) is 70.5 Å². The largest absolute Gasteiger partial charge is 0.391 e. The van der Waals surface area contributed by atoms with Gasteiger partial charge in [-0.15, -0.1) is 0 Å². The summed E-state index contributed by atoms with van der Waals surface area (Å²) in [6, 6.07) is -0.0701. The van der Waals surface area contributed by atoms with Gasteiger partial charge in [0.2, 0.25) is 0 Å². The Morgan fingerprint density at radius 3 is 2.55 bits per heavy atom. The second-order valence-electron chi connectivity index (χ2n) is 6.33. The van der Waals surface area contributed by atoms with Gasteiger partial charge in [-0.1, -0.05) is 32.1 Å². The molecule has 1 aliphatic heterocycles. The lowest BCUT2D eigenvalue weighted by Gasteiger charge is -2.32. The van der Waals surface area contributed by atoms with E-state index in [-0.39, 0.29) is 29.6 Å². The van der Waals surface area contributed by atoms with Crippen molar-refractivity contribution in [2.75, 3.05) is 23.0 Å². The lowest BCUT2D eigenvalue weighted by molar-refractivity contribution is 0.282. The highest BCUT2D eigenvalue weighted by Gasteiger charge is 2.32. The molecule has 2 rings (SSSR count). The van der Waals surface area contributed by atoms with E-state index in [0.29, 0.717) is 6.54 Å². The predicted molar refractivity (Wildman–Crippen MR) is 82.2 cm³/mol. The number of nitrogens with zero attached hydrogens (tertiary/aromatic N) is 2. The number of aliphatic hydroxyl groups excluding tert-OH is 1. The lowest BCUT2D eigenvalue weighted by atomic mass is 9.91. The van der Waals surface area contributed by atoms with Crippen LogP contribution in [0, 0.1) is 0 Å². The Hall–Kier alpha value is -0.660. The minimum Gasteiger partial charge on any atom is -0.391 e. The summed E-state index contributed by atoms with van der Waals surface area (Å²) in [5.41, 5.74) is 0.776. The van der Waals surface area contributed by atoms with Crippen LogP contribution < -0.4 is 4.90 Å². The molecule has 1 atom stereocenters. The fourth-order valence-electron chi connectivity index (χ4n) is 2.44. The Labute approximate surface area is 124 Å². The number of hydrogen-bond donors (Lipinski definition) is 1. The molecule has 1 aliphatic rings. The van der Waals surface area contributed by atoms with E-state index in [0.717, 1.165) is 15.7 Å². The lowest BCUT2D eigenvalue weighted by Crippen LogP contribution is -2.47. The van der Waals surface area contributed by atoms with Gasteiger partial charge in [0.05, 0.1) is 28.7 Å². The third-order valence-corrected chi connectivity index (χ3v) is 6.33. The van der Waals surface area contributed by atoms with Crippen molar-refractivity contribution < 1.29 is 13.5 Å². The average Bonchev–Trinajstić information content (AvgIpc) is 2.71. The van der Waals surface area contributed by atoms with Gasteiger partial charge in [-0.05, 0) is 6.92 Å². The second-order valence-corrected chi connectivity index (χ2v) is 9.62. The summed E-state index contributed by atoms with van der Waals surface area (Å²) >= 11 is 1.47. The van der Waals surface area contributed by atoms with Crippen LogP contribution >= 0.6 is 11.3 Å². The average molecular weight is 318 g/mol. The van der Waals surface area contributed by atoms with Crippen molar-refractivity contribution in [3.63, 3.8) is 0 Å². The van der Waals surface area contributed by atoms with Crippen LogP contribution in [0.2, 0.25) is 0 Å². The zero-order chi connectivity index (χ0) is 15.1. The molecule has 1 unspecified atom stereocenters. The third kappa shape index (κ3) is 3.15. The number of sulfone groups is 1. The number of rotatable bonds is 2. The first kappa shape index (κ1) is 15.7. The van der Waals surface area contributed by atoms with Crippen LogP contribution in [0.4, 0.5) is 5.13 Å². The molecular weight excluding hydrogens is 296 g/mol. The van der Waals surface area contributed by atoms with E-state index in [9.17, 15) is 13.5 Å². The molecule has 1 saturated heterocycles.